The summed E-state index contributed by atoms with van der Waals surface area (Å²) in [6, 6.07) is 12.5. The van der Waals surface area contributed by atoms with Gasteiger partial charge in [-0.05, 0) is 56.3 Å². The van der Waals surface area contributed by atoms with Gasteiger partial charge in [-0.25, -0.2) is 9.97 Å². The molecule has 13 heteroatoms. The standard InChI is InChI=1S/C31H37ClN10O2/c1-19(26-6-5-7-29(35-26)41-12-10-39(3)11-13-41)34-30(43)20(2)42-17-22-9-8-21(14-24(22)31(42)44)23-15-27(33-16-25(23)32)36-28-18-40(4)38-37-28/h5-9,14-16,18-20,37-38H,10-13,17H2,1-4H3,(H,33,36)(H,34,43)/t19-,20-/m1/s1. The molecule has 44 heavy (non-hydrogen) atoms. The number of amides is 2. The van der Waals surface area contributed by atoms with E-state index in [4.69, 9.17) is 16.6 Å². The highest BCUT2D eigenvalue weighted by atomic mass is 35.5. The molecular weight excluding hydrogens is 580 g/mol. The van der Waals surface area contributed by atoms with Gasteiger partial charge in [0.15, 0.2) is 0 Å². The van der Waals surface area contributed by atoms with E-state index in [0.29, 0.717) is 22.9 Å². The number of nitrogens with zero attached hydrogens (tertiary/aromatic N) is 6. The largest absolute Gasteiger partial charge is 0.354 e. The maximum absolute atomic E-state index is 13.6. The molecule has 0 spiro atoms. The first-order chi connectivity index (χ1) is 21.2. The molecule has 3 aliphatic heterocycles. The molecule has 2 atom stereocenters. The van der Waals surface area contributed by atoms with E-state index in [1.54, 1.807) is 23.0 Å². The minimum Gasteiger partial charge on any atom is -0.354 e. The van der Waals surface area contributed by atoms with Crippen molar-refractivity contribution in [3.8, 4) is 11.1 Å². The summed E-state index contributed by atoms with van der Waals surface area (Å²) in [7, 11) is 3.99. The topological polar surface area (TPSA) is 121 Å². The lowest BCUT2D eigenvalue weighted by Crippen LogP contribution is -2.46. The second-order valence-electron chi connectivity index (χ2n) is 11.5. The Labute approximate surface area is 262 Å². The summed E-state index contributed by atoms with van der Waals surface area (Å²) in [5, 5.41) is 8.50. The van der Waals surface area contributed by atoms with Crippen LogP contribution in [0.4, 0.5) is 11.6 Å². The number of carbonyl (C=O) groups is 2. The highest BCUT2D eigenvalue weighted by Crippen LogP contribution is 2.34. The molecule has 230 valence electrons. The Bertz CT molecular complexity index is 1610. The van der Waals surface area contributed by atoms with Gasteiger partial charge < -0.3 is 25.3 Å². The Morgan fingerprint density at radius 2 is 1.84 bits per heavy atom. The van der Waals surface area contributed by atoms with E-state index in [1.165, 1.54) is 0 Å². The van der Waals surface area contributed by atoms with Crippen LogP contribution in [-0.2, 0) is 11.3 Å². The van der Waals surface area contributed by atoms with Crippen LogP contribution in [0, 0.1) is 0 Å². The number of likely N-dealkylation sites (N-methyl/N-ethyl adjacent to an activating group) is 1. The summed E-state index contributed by atoms with van der Waals surface area (Å²) in [4.78, 5) is 42.3. The van der Waals surface area contributed by atoms with E-state index in [0.717, 1.165) is 60.2 Å². The predicted octanol–water partition coefficient (Wildman–Crippen LogP) is 2.94. The Morgan fingerprint density at radius 1 is 1.05 bits per heavy atom. The number of anilines is 2. The third kappa shape index (κ3) is 6.14. The van der Waals surface area contributed by atoms with Crippen molar-refractivity contribution in [1.82, 2.24) is 41.1 Å². The molecule has 6 rings (SSSR count). The van der Waals surface area contributed by atoms with Crippen molar-refractivity contribution in [2.45, 2.75) is 32.5 Å². The molecular formula is C31H37ClN10O2. The van der Waals surface area contributed by atoms with E-state index in [1.807, 2.05) is 62.6 Å². The van der Waals surface area contributed by atoms with Gasteiger partial charge in [0.2, 0.25) is 5.91 Å². The molecule has 2 amide bonds. The second-order valence-corrected chi connectivity index (χ2v) is 11.9. The smallest absolute Gasteiger partial charge is 0.255 e. The van der Waals surface area contributed by atoms with Gasteiger partial charge in [-0.1, -0.05) is 29.8 Å². The zero-order chi connectivity index (χ0) is 31.0. The van der Waals surface area contributed by atoms with Crippen molar-refractivity contribution in [3.05, 3.63) is 82.5 Å². The maximum Gasteiger partial charge on any atom is 0.255 e. The molecule has 1 fully saturated rings. The molecule has 2 aromatic heterocycles. The Kier molecular flexibility index (Phi) is 8.30. The van der Waals surface area contributed by atoms with Crippen LogP contribution in [0.25, 0.3) is 11.1 Å². The van der Waals surface area contributed by atoms with E-state index < -0.39 is 6.04 Å². The highest BCUT2D eigenvalue weighted by molar-refractivity contribution is 6.33. The number of fused-ring (bicyclic) bond motifs is 1. The number of piperazine rings is 1. The Balaban J connectivity index is 1.13. The average molecular weight is 617 g/mol. The van der Waals surface area contributed by atoms with Gasteiger partial charge >= 0.3 is 0 Å². The second kappa shape index (κ2) is 12.3. The van der Waals surface area contributed by atoms with E-state index in [9.17, 15) is 9.59 Å². The van der Waals surface area contributed by atoms with Crippen LogP contribution in [-0.4, -0.2) is 82.9 Å². The fraction of sp³-hybridized carbons (Fsp3) is 0.355. The lowest BCUT2D eigenvalue weighted by atomic mass is 10.0. The van der Waals surface area contributed by atoms with E-state index in [2.05, 4.69) is 43.4 Å². The number of nitrogens with one attached hydrogen (secondary N) is 4. The number of rotatable bonds is 8. The zero-order valence-electron chi connectivity index (χ0n) is 25.3. The summed E-state index contributed by atoms with van der Waals surface area (Å²) >= 11 is 6.54. The molecule has 1 aromatic carbocycles. The molecule has 0 saturated carbocycles. The van der Waals surface area contributed by atoms with Gasteiger partial charge in [0, 0.05) is 57.1 Å². The fourth-order valence-corrected chi connectivity index (χ4v) is 5.79. The lowest BCUT2D eigenvalue weighted by Gasteiger charge is -2.33. The van der Waals surface area contributed by atoms with Crippen molar-refractivity contribution in [2.24, 2.45) is 0 Å². The van der Waals surface area contributed by atoms with Gasteiger partial charge in [-0.15, -0.1) is 5.53 Å². The molecule has 4 N–H and O–H groups in total. The summed E-state index contributed by atoms with van der Waals surface area (Å²) in [6.45, 7) is 7.85. The fourth-order valence-electron chi connectivity index (χ4n) is 5.58. The van der Waals surface area contributed by atoms with Gasteiger partial charge in [0.1, 0.15) is 23.5 Å². The van der Waals surface area contributed by atoms with Crippen LogP contribution in [0.5, 0.6) is 0 Å². The van der Waals surface area contributed by atoms with Crippen LogP contribution < -0.4 is 26.5 Å². The molecule has 5 heterocycles. The Morgan fingerprint density at radius 3 is 2.59 bits per heavy atom. The third-order valence-electron chi connectivity index (χ3n) is 8.29. The van der Waals surface area contributed by atoms with Crippen LogP contribution in [0.15, 0.2) is 60.7 Å². The minimum absolute atomic E-state index is 0.190. The predicted molar refractivity (Wildman–Crippen MR) is 170 cm³/mol. The lowest BCUT2D eigenvalue weighted by molar-refractivity contribution is -0.125. The van der Waals surface area contributed by atoms with E-state index in [-0.39, 0.29) is 17.9 Å². The van der Waals surface area contributed by atoms with E-state index >= 15 is 0 Å². The van der Waals surface area contributed by atoms with Crippen LogP contribution in [0.1, 0.15) is 41.5 Å². The van der Waals surface area contributed by atoms with Crippen molar-refractivity contribution in [3.63, 3.8) is 0 Å². The third-order valence-corrected chi connectivity index (χ3v) is 8.59. The van der Waals surface area contributed by atoms with Crippen LogP contribution in [0.2, 0.25) is 5.02 Å². The van der Waals surface area contributed by atoms with Gasteiger partial charge in [-0.3, -0.25) is 20.0 Å². The number of hydrogen-bond acceptors (Lipinski definition) is 10. The van der Waals surface area contributed by atoms with Crippen molar-refractivity contribution >= 4 is 35.1 Å². The summed E-state index contributed by atoms with van der Waals surface area (Å²) in [5.74, 6) is 1.82. The number of aromatic nitrogens is 2. The van der Waals surface area contributed by atoms with Crippen molar-refractivity contribution in [1.29, 1.82) is 0 Å². The van der Waals surface area contributed by atoms with Gasteiger partial charge in [0.25, 0.3) is 5.91 Å². The molecule has 3 aromatic rings. The van der Waals surface area contributed by atoms with Crippen molar-refractivity contribution < 1.29 is 9.59 Å². The molecule has 3 aliphatic rings. The van der Waals surface area contributed by atoms with Gasteiger partial charge in [0.05, 0.1) is 23.0 Å². The summed E-state index contributed by atoms with van der Waals surface area (Å²) < 4.78 is 0. The number of carbonyl (C=O) groups excluding carboxylic acids is 2. The number of halogens is 1. The molecule has 1 saturated heterocycles. The number of benzene rings is 1. The molecule has 0 radical (unpaired) electrons. The molecule has 0 bridgehead atoms. The first-order valence-corrected chi connectivity index (χ1v) is 15.1. The minimum atomic E-state index is -0.666. The summed E-state index contributed by atoms with van der Waals surface area (Å²) in [5.41, 5.74) is 9.67. The first kappa shape index (κ1) is 29.7. The SMILES string of the molecule is C[C@H](C(=O)N[C@H](C)c1cccc(N2CCN(C)CC2)n1)N1Cc2ccc(-c3cc(NC4=CN(C)NN4)ncc3Cl)cc2C1=O. The number of pyridine rings is 2. The monoisotopic (exact) mass is 616 g/mol. The Hall–Kier alpha value is -4.39. The zero-order valence-corrected chi connectivity index (χ0v) is 26.0. The highest BCUT2D eigenvalue weighted by Gasteiger charge is 2.35. The number of hydrazine groups is 2. The van der Waals surface area contributed by atoms with Crippen LogP contribution in [0.3, 0.4) is 0 Å². The summed E-state index contributed by atoms with van der Waals surface area (Å²) in [6.07, 6.45) is 3.43. The molecule has 0 unspecified atom stereocenters. The van der Waals surface area contributed by atoms with Crippen molar-refractivity contribution in [2.75, 3.05) is 50.5 Å². The van der Waals surface area contributed by atoms with Crippen LogP contribution >= 0.6 is 11.6 Å². The average Bonchev–Trinajstić information content (AvgIpc) is 3.59. The quantitative estimate of drug-likeness (QED) is 0.301. The molecule has 0 aliphatic carbocycles. The first-order valence-electron chi connectivity index (χ1n) is 14.7. The van der Waals surface area contributed by atoms with Gasteiger partial charge in [-0.2, -0.15) is 0 Å². The maximum atomic E-state index is 13.6. The molecule has 12 nitrogen and oxygen atoms in total. The normalized spacial score (nSPS) is 18.1. The number of hydrogen-bond donors (Lipinski definition) is 4.